The van der Waals surface area contributed by atoms with Crippen LogP contribution in [-0.4, -0.2) is 0 Å². The minimum Gasteiger partial charge on any atom is -0.198 e. The van der Waals surface area contributed by atoms with Gasteiger partial charge in [-0.3, -0.25) is 0 Å². The van der Waals surface area contributed by atoms with Crippen LogP contribution < -0.4 is 0 Å². The Morgan fingerprint density at radius 1 is 0.818 bits per heavy atom. The molecule has 11 heavy (non-hydrogen) atoms. The second-order valence-electron chi connectivity index (χ2n) is 1.98. The van der Waals surface area contributed by atoms with Crippen LogP contribution in [-0.2, 0) is 0 Å². The zero-order chi connectivity index (χ0) is 8.74. The summed E-state index contributed by atoms with van der Waals surface area (Å²) in [6.07, 6.45) is -0.429. The van der Waals surface area contributed by atoms with E-state index in [0.717, 1.165) is 0 Å². The maximum absolute atomic E-state index is 8.46. The van der Waals surface area contributed by atoms with E-state index in [0.29, 0.717) is 0 Å². The van der Waals surface area contributed by atoms with E-state index in [1.807, 2.05) is 0 Å². The van der Waals surface area contributed by atoms with E-state index in [4.69, 9.17) is 21.0 Å². The molecule has 0 aliphatic carbocycles. The van der Waals surface area contributed by atoms with Crippen LogP contribution in [0.15, 0.2) is 0 Å². The fourth-order valence-corrected chi connectivity index (χ4v) is 0.516. The molecule has 0 rings (SSSR count). The summed E-state index contributed by atoms with van der Waals surface area (Å²) in [7, 11) is 0. The highest BCUT2D eigenvalue weighted by Gasteiger charge is 2.29. The van der Waals surface area contributed by atoms with Gasteiger partial charge in [-0.1, -0.05) is 0 Å². The first kappa shape index (κ1) is 8.96. The lowest BCUT2D eigenvalue weighted by Crippen LogP contribution is -2.13. The molecule has 4 nitrogen and oxygen atoms in total. The third kappa shape index (κ3) is 1.98. The molecule has 0 bridgehead atoms. The summed E-state index contributed by atoms with van der Waals surface area (Å²) in [4.78, 5) is 0. The fraction of sp³-hybridized carbons (Fsp3) is 0.429. The average molecular weight is 144 g/mol. The van der Waals surface area contributed by atoms with Gasteiger partial charge in [-0.2, -0.15) is 21.0 Å². The molecule has 0 amide bonds. The second-order valence-corrected chi connectivity index (χ2v) is 1.98. The first-order valence-corrected chi connectivity index (χ1v) is 2.81. The van der Waals surface area contributed by atoms with Gasteiger partial charge in [0.1, 0.15) is 0 Å². The second kappa shape index (κ2) is 3.89. The predicted molar refractivity (Wildman–Crippen MR) is 34.1 cm³/mol. The Kier molecular flexibility index (Phi) is 3.17. The minimum absolute atomic E-state index is 0.215. The molecule has 0 aromatic heterocycles. The van der Waals surface area contributed by atoms with Crippen LogP contribution in [0.2, 0.25) is 0 Å². The highest BCUT2D eigenvalue weighted by atomic mass is 14.4. The normalized spacial score (nSPS) is 8.36. The first-order chi connectivity index (χ1) is 5.24. The van der Waals surface area contributed by atoms with E-state index >= 15 is 0 Å². The lowest BCUT2D eigenvalue weighted by molar-refractivity contribution is 0.550. The Hall–Kier alpha value is -2.04. The van der Waals surface area contributed by atoms with E-state index in [1.54, 1.807) is 24.3 Å². The molecule has 0 atom stereocenters. The van der Waals surface area contributed by atoms with Gasteiger partial charge >= 0.3 is 0 Å². The van der Waals surface area contributed by atoms with Crippen LogP contribution in [0.5, 0.6) is 0 Å². The topological polar surface area (TPSA) is 95.2 Å². The number of nitrogens with zero attached hydrogens (tertiary/aromatic N) is 4. The Labute approximate surface area is 64.5 Å². The van der Waals surface area contributed by atoms with Gasteiger partial charge in [0, 0.05) is 0 Å². The zero-order valence-corrected chi connectivity index (χ0v) is 5.70. The molecule has 4 heteroatoms. The molecule has 0 aromatic rings. The molecule has 0 unspecified atom stereocenters. The molecular weight excluding hydrogens is 140 g/mol. The highest BCUT2D eigenvalue weighted by molar-refractivity contribution is 5.19. The zero-order valence-electron chi connectivity index (χ0n) is 5.70. The van der Waals surface area contributed by atoms with E-state index in [2.05, 4.69) is 0 Å². The fourth-order valence-electron chi connectivity index (χ4n) is 0.516. The molecule has 0 heterocycles. The maximum Gasteiger partial charge on any atom is 0.169 e. The van der Waals surface area contributed by atoms with E-state index in [1.165, 1.54) is 0 Å². The van der Waals surface area contributed by atoms with Crippen LogP contribution in [0.25, 0.3) is 0 Å². The van der Waals surface area contributed by atoms with Crippen molar-refractivity contribution in [2.45, 2.75) is 12.8 Å². The van der Waals surface area contributed by atoms with Crippen molar-refractivity contribution in [2.75, 3.05) is 0 Å². The highest BCUT2D eigenvalue weighted by Crippen LogP contribution is 2.23. The van der Waals surface area contributed by atoms with E-state index in [9.17, 15) is 0 Å². The van der Waals surface area contributed by atoms with Crippen molar-refractivity contribution in [1.82, 2.24) is 0 Å². The average Bonchev–Trinajstić information content (AvgIpc) is 2.04. The van der Waals surface area contributed by atoms with Gasteiger partial charge < -0.3 is 0 Å². The van der Waals surface area contributed by atoms with Crippen LogP contribution in [0.3, 0.4) is 0 Å². The van der Waals surface area contributed by atoms with Gasteiger partial charge in [-0.05, 0) is 0 Å². The Bertz CT molecular complexity index is 258. The number of nitriles is 4. The summed E-state index contributed by atoms with van der Waals surface area (Å²) in [5.41, 5.74) is -1.43. The number of hydrogen-bond acceptors (Lipinski definition) is 4. The molecule has 0 fully saturated rings. The van der Waals surface area contributed by atoms with Gasteiger partial charge in [0.25, 0.3) is 0 Å². The maximum atomic E-state index is 8.46. The van der Waals surface area contributed by atoms with Crippen molar-refractivity contribution < 1.29 is 0 Å². The Balaban J connectivity index is 4.60. The summed E-state index contributed by atoms with van der Waals surface area (Å²) in [6, 6.07) is 6.72. The molecule has 0 spiro atoms. The predicted octanol–water partition coefficient (Wildman–Crippen LogP) is 0.847. The quantitative estimate of drug-likeness (QED) is 0.573. The van der Waals surface area contributed by atoms with Crippen molar-refractivity contribution in [3.8, 4) is 24.3 Å². The standard InChI is InChI=1S/C7H4N4/c8-3-1-7(5-10,6-11)2-4-9/h1-2H2. The molecule has 0 aliphatic heterocycles. The van der Waals surface area contributed by atoms with Gasteiger partial charge in [0.15, 0.2) is 5.41 Å². The van der Waals surface area contributed by atoms with Crippen molar-refractivity contribution in [2.24, 2.45) is 5.41 Å². The van der Waals surface area contributed by atoms with Crippen LogP contribution in [0, 0.1) is 50.7 Å². The summed E-state index contributed by atoms with van der Waals surface area (Å²) in [6.45, 7) is 0. The molecule has 0 N–H and O–H groups in total. The van der Waals surface area contributed by atoms with Crippen molar-refractivity contribution in [3.05, 3.63) is 0 Å². The van der Waals surface area contributed by atoms with Gasteiger partial charge in [-0.25, -0.2) is 0 Å². The molecule has 0 aliphatic rings. The van der Waals surface area contributed by atoms with Gasteiger partial charge in [-0.15, -0.1) is 0 Å². The van der Waals surface area contributed by atoms with E-state index in [-0.39, 0.29) is 12.8 Å². The van der Waals surface area contributed by atoms with E-state index < -0.39 is 5.41 Å². The molecule has 0 saturated heterocycles. The molecule has 0 saturated carbocycles. The van der Waals surface area contributed by atoms with Gasteiger partial charge in [0.05, 0.1) is 37.1 Å². The van der Waals surface area contributed by atoms with Crippen molar-refractivity contribution in [3.63, 3.8) is 0 Å². The monoisotopic (exact) mass is 144 g/mol. The summed E-state index contributed by atoms with van der Waals surface area (Å²) >= 11 is 0. The Morgan fingerprint density at radius 3 is 1.36 bits per heavy atom. The molecular formula is C7H4N4. The van der Waals surface area contributed by atoms with Crippen LogP contribution in [0.4, 0.5) is 0 Å². The summed E-state index contributed by atoms with van der Waals surface area (Å²) < 4.78 is 0. The molecule has 0 aromatic carbocycles. The van der Waals surface area contributed by atoms with Crippen LogP contribution >= 0.6 is 0 Å². The number of rotatable bonds is 2. The third-order valence-corrected chi connectivity index (χ3v) is 1.19. The lowest BCUT2D eigenvalue weighted by atomic mass is 9.86. The minimum atomic E-state index is -1.43. The first-order valence-electron chi connectivity index (χ1n) is 2.81. The van der Waals surface area contributed by atoms with Gasteiger partial charge in [0.2, 0.25) is 0 Å². The number of hydrogen-bond donors (Lipinski definition) is 0. The lowest BCUT2D eigenvalue weighted by Gasteiger charge is -2.07. The largest absolute Gasteiger partial charge is 0.198 e. The Morgan fingerprint density at radius 2 is 1.18 bits per heavy atom. The third-order valence-electron chi connectivity index (χ3n) is 1.19. The molecule has 52 valence electrons. The molecule has 0 radical (unpaired) electrons. The smallest absolute Gasteiger partial charge is 0.169 e. The van der Waals surface area contributed by atoms with Crippen molar-refractivity contribution in [1.29, 1.82) is 21.0 Å². The van der Waals surface area contributed by atoms with Crippen LogP contribution in [0.1, 0.15) is 12.8 Å². The summed E-state index contributed by atoms with van der Waals surface area (Å²) in [5.74, 6) is 0. The van der Waals surface area contributed by atoms with Crippen molar-refractivity contribution >= 4 is 0 Å². The summed E-state index contributed by atoms with van der Waals surface area (Å²) in [5, 5.41) is 33.4. The SMILES string of the molecule is N#CCC(C#N)(C#N)CC#N.